The first-order chi connectivity index (χ1) is 15.2. The minimum absolute atomic E-state index is 0.0497. The molecule has 2 N–H and O–H groups in total. The van der Waals surface area contributed by atoms with E-state index in [0.717, 1.165) is 0 Å². The molecule has 11 heteroatoms. The quantitative estimate of drug-likeness (QED) is 0.377. The third-order valence-corrected chi connectivity index (χ3v) is 7.02. The molecule has 2 fully saturated rings. The lowest BCUT2D eigenvalue weighted by Crippen LogP contribution is -2.30. The lowest BCUT2D eigenvalue weighted by molar-refractivity contribution is -0.118. The Kier molecular flexibility index (Phi) is 8.44. The smallest absolute Gasteiger partial charge is 0.324 e. The molecule has 1 aromatic rings. The van der Waals surface area contributed by atoms with E-state index in [1.165, 1.54) is 11.0 Å². The van der Waals surface area contributed by atoms with E-state index in [1.807, 2.05) is 0 Å². The maximum Gasteiger partial charge on any atom is 0.324 e. The Bertz CT molecular complexity index is 920. The Labute approximate surface area is 187 Å². The minimum atomic E-state index is -3.55. The van der Waals surface area contributed by atoms with Gasteiger partial charge in [0.1, 0.15) is 12.6 Å². The maximum absolute atomic E-state index is 14.2. The Hall–Kier alpha value is -2.24. The number of hydrogen-bond donors (Lipinski definition) is 2. The third-order valence-electron chi connectivity index (χ3n) is 5.48. The summed E-state index contributed by atoms with van der Waals surface area (Å²) in [7, 11) is -3.55. The summed E-state index contributed by atoms with van der Waals surface area (Å²) in [6.07, 6.45) is 2.89. The molecule has 2 aliphatic rings. The highest BCUT2D eigenvalue weighted by Gasteiger charge is 2.26. The van der Waals surface area contributed by atoms with E-state index in [9.17, 15) is 22.4 Å². The molecule has 2 saturated heterocycles. The fourth-order valence-corrected chi connectivity index (χ4v) is 5.06. The molecule has 1 atom stereocenters. The highest BCUT2D eigenvalue weighted by molar-refractivity contribution is 7.89. The van der Waals surface area contributed by atoms with Crippen molar-refractivity contribution in [1.29, 1.82) is 0 Å². The number of carbonyl (C=O) groups is 2. The lowest BCUT2D eigenvalue weighted by atomic mass is 10.1. The van der Waals surface area contributed by atoms with Crippen LogP contribution in [0.4, 0.5) is 9.18 Å². The van der Waals surface area contributed by atoms with Crippen LogP contribution in [0.15, 0.2) is 18.2 Å². The third kappa shape index (κ3) is 7.14. The number of rotatable bonds is 11. The van der Waals surface area contributed by atoms with Crippen LogP contribution in [0, 0.1) is 5.82 Å². The minimum Gasteiger partial charge on any atom is -0.487 e. The van der Waals surface area contributed by atoms with Crippen LogP contribution in [-0.4, -0.2) is 63.4 Å². The zero-order chi connectivity index (χ0) is 23.1. The summed E-state index contributed by atoms with van der Waals surface area (Å²) in [5.41, 5.74) is 0.613. The molecule has 0 aliphatic carbocycles. The van der Waals surface area contributed by atoms with Gasteiger partial charge in [0.2, 0.25) is 15.9 Å². The number of ether oxygens (including phenoxy) is 2. The van der Waals surface area contributed by atoms with Crippen molar-refractivity contribution in [2.75, 3.05) is 32.1 Å². The van der Waals surface area contributed by atoms with E-state index in [2.05, 4.69) is 10.0 Å². The van der Waals surface area contributed by atoms with Crippen LogP contribution < -0.4 is 14.8 Å². The van der Waals surface area contributed by atoms with E-state index in [1.54, 1.807) is 19.1 Å². The Morgan fingerprint density at radius 2 is 2.00 bits per heavy atom. The largest absolute Gasteiger partial charge is 0.487 e. The summed E-state index contributed by atoms with van der Waals surface area (Å²) >= 11 is 0. The van der Waals surface area contributed by atoms with Crippen LogP contribution in [-0.2, 0) is 19.6 Å². The number of carbonyl (C=O) groups excluding carboxylic acids is 2. The average Bonchev–Trinajstić information content (AvgIpc) is 3.06. The molecule has 0 bridgehead atoms. The molecule has 1 aromatic carbocycles. The fraction of sp³-hybridized carbons (Fsp3) is 0.619. The number of halogens is 1. The van der Waals surface area contributed by atoms with Gasteiger partial charge in [-0.05, 0) is 37.5 Å². The topological polar surface area (TPSA) is 114 Å². The van der Waals surface area contributed by atoms with Gasteiger partial charge in [0.15, 0.2) is 11.6 Å². The monoisotopic (exact) mass is 471 g/mol. The van der Waals surface area contributed by atoms with E-state index in [0.29, 0.717) is 57.4 Å². The second-order valence-corrected chi connectivity index (χ2v) is 9.99. The molecule has 2 aliphatic heterocycles. The van der Waals surface area contributed by atoms with E-state index in [4.69, 9.17) is 9.47 Å². The van der Waals surface area contributed by atoms with Crippen molar-refractivity contribution >= 4 is 22.0 Å². The highest BCUT2D eigenvalue weighted by Crippen LogP contribution is 2.26. The Morgan fingerprint density at radius 3 is 2.69 bits per heavy atom. The number of urea groups is 1. The summed E-state index contributed by atoms with van der Waals surface area (Å²) in [4.78, 5) is 24.0. The zero-order valence-corrected chi connectivity index (χ0v) is 19.0. The molecule has 2 heterocycles. The van der Waals surface area contributed by atoms with Crippen molar-refractivity contribution < 1.29 is 31.9 Å². The number of unbranched alkanes of at least 4 members (excludes halogenated alkanes) is 2. The number of amides is 3. The van der Waals surface area contributed by atoms with Gasteiger partial charge in [-0.2, -0.15) is 0 Å². The van der Waals surface area contributed by atoms with Crippen LogP contribution >= 0.6 is 0 Å². The van der Waals surface area contributed by atoms with Crippen molar-refractivity contribution in [2.24, 2.45) is 0 Å². The maximum atomic E-state index is 14.2. The highest BCUT2D eigenvalue weighted by atomic mass is 32.2. The molecular weight excluding hydrogens is 441 g/mol. The molecule has 0 radical (unpaired) electrons. The first-order valence-corrected chi connectivity index (χ1v) is 12.5. The number of hydrogen-bond acceptors (Lipinski definition) is 6. The second-order valence-electron chi connectivity index (χ2n) is 8.11. The Morgan fingerprint density at radius 1 is 1.25 bits per heavy atom. The number of nitrogens with zero attached hydrogens (tertiary/aromatic N) is 1. The molecule has 9 nitrogen and oxygen atoms in total. The molecule has 0 aromatic heterocycles. The first-order valence-electron chi connectivity index (χ1n) is 10.9. The molecule has 3 rings (SSSR count). The van der Waals surface area contributed by atoms with E-state index >= 15 is 0 Å². The van der Waals surface area contributed by atoms with Crippen molar-refractivity contribution in [2.45, 2.75) is 51.2 Å². The number of sulfonamides is 1. The normalized spacial score (nSPS) is 18.6. The van der Waals surface area contributed by atoms with E-state index in [-0.39, 0.29) is 30.1 Å². The summed E-state index contributed by atoms with van der Waals surface area (Å²) in [6, 6.07) is 3.42. The first kappa shape index (κ1) is 24.4. The van der Waals surface area contributed by atoms with Gasteiger partial charge >= 0.3 is 6.03 Å². The van der Waals surface area contributed by atoms with Gasteiger partial charge in [0.05, 0.1) is 19.0 Å². The van der Waals surface area contributed by atoms with Crippen LogP contribution in [0.1, 0.15) is 50.6 Å². The fourth-order valence-electron chi connectivity index (χ4n) is 3.68. The van der Waals surface area contributed by atoms with Crippen molar-refractivity contribution in [1.82, 2.24) is 14.9 Å². The summed E-state index contributed by atoms with van der Waals surface area (Å²) < 4.78 is 52.8. The predicted molar refractivity (Wildman–Crippen MR) is 115 cm³/mol. The average molecular weight is 472 g/mol. The predicted octanol–water partition coefficient (Wildman–Crippen LogP) is 2.09. The SMILES string of the molecule is C[C@@H](NS(=O)(=O)CCCCCN1CC(=O)NC1=O)c1ccc(F)c(OC2CCOCC2)c1. The summed E-state index contributed by atoms with van der Waals surface area (Å²) in [5, 5.41) is 2.20. The molecule has 0 unspecified atom stereocenters. The van der Waals surface area contributed by atoms with Crippen LogP contribution in [0.3, 0.4) is 0 Å². The van der Waals surface area contributed by atoms with Gasteiger partial charge in [0.25, 0.3) is 0 Å². The van der Waals surface area contributed by atoms with Crippen LogP contribution in [0.25, 0.3) is 0 Å². The molecule has 32 heavy (non-hydrogen) atoms. The zero-order valence-electron chi connectivity index (χ0n) is 18.1. The van der Waals surface area contributed by atoms with Gasteiger partial charge in [0, 0.05) is 25.4 Å². The van der Waals surface area contributed by atoms with Gasteiger partial charge in [-0.3, -0.25) is 10.1 Å². The molecule has 178 valence electrons. The van der Waals surface area contributed by atoms with Crippen LogP contribution in [0.2, 0.25) is 0 Å². The lowest BCUT2D eigenvalue weighted by Gasteiger charge is -2.24. The van der Waals surface area contributed by atoms with Gasteiger partial charge < -0.3 is 14.4 Å². The van der Waals surface area contributed by atoms with Gasteiger partial charge in [-0.15, -0.1) is 0 Å². The molecular formula is C21H30FN3O6S. The summed E-state index contributed by atoms with van der Waals surface area (Å²) in [5.74, 6) is -0.749. The van der Waals surface area contributed by atoms with Gasteiger partial charge in [-0.1, -0.05) is 12.5 Å². The van der Waals surface area contributed by atoms with E-state index < -0.39 is 27.9 Å². The summed E-state index contributed by atoms with van der Waals surface area (Å²) in [6.45, 7) is 3.31. The number of benzene rings is 1. The second kappa shape index (κ2) is 11.1. The van der Waals surface area contributed by atoms with Gasteiger partial charge in [-0.25, -0.2) is 22.3 Å². The molecule has 3 amide bonds. The van der Waals surface area contributed by atoms with Crippen molar-refractivity contribution in [3.63, 3.8) is 0 Å². The van der Waals surface area contributed by atoms with Crippen molar-refractivity contribution in [3.8, 4) is 5.75 Å². The van der Waals surface area contributed by atoms with Crippen LogP contribution in [0.5, 0.6) is 5.75 Å². The standard InChI is InChI=1S/C21H30FN3O6S/c1-15(16-5-6-18(22)19(13-16)31-17-7-10-30-11-8-17)24-32(28,29)12-4-2-3-9-25-14-20(26)23-21(25)27/h5-6,13,15,17,24H,2-4,7-12,14H2,1H3,(H,23,26,27)/t15-/m1/s1. The van der Waals surface area contributed by atoms with Crippen molar-refractivity contribution in [3.05, 3.63) is 29.6 Å². The Balaban J connectivity index is 1.45. The molecule has 0 saturated carbocycles. The molecule has 0 spiro atoms. The number of imide groups is 1. The number of nitrogens with one attached hydrogen (secondary N) is 2.